The molecule has 1 aliphatic rings. The number of rotatable bonds is 2. The Kier molecular flexibility index (Phi) is 3.68. The molecule has 1 aliphatic heterocycles. The van der Waals surface area contributed by atoms with Gasteiger partial charge in [0.15, 0.2) is 0 Å². The third kappa shape index (κ3) is 2.94. The number of piperidine rings is 1. The molecule has 3 rings (SSSR count). The van der Waals surface area contributed by atoms with Crippen LogP contribution in [0.1, 0.15) is 37.1 Å². The molecule has 0 bridgehead atoms. The van der Waals surface area contributed by atoms with Gasteiger partial charge < -0.3 is 4.90 Å². The van der Waals surface area contributed by atoms with Crippen LogP contribution in [-0.2, 0) is 4.79 Å². The molecular weight excluding hydrogens is 266 g/mol. The molecule has 0 unspecified atom stereocenters. The van der Waals surface area contributed by atoms with Gasteiger partial charge in [0.2, 0.25) is 5.91 Å². The Hall–Kier alpha value is -2.24. The van der Waals surface area contributed by atoms with Gasteiger partial charge in [-0.15, -0.1) is 0 Å². The van der Waals surface area contributed by atoms with E-state index >= 15 is 0 Å². The summed E-state index contributed by atoms with van der Waals surface area (Å²) in [7, 11) is 0. The number of aromatic amines is 1. The van der Waals surface area contributed by atoms with Gasteiger partial charge >= 0.3 is 0 Å². The van der Waals surface area contributed by atoms with Crippen LogP contribution in [0.25, 0.3) is 11.4 Å². The van der Waals surface area contributed by atoms with Gasteiger partial charge in [-0.05, 0) is 25.8 Å². The second-order valence-corrected chi connectivity index (χ2v) is 5.54. The van der Waals surface area contributed by atoms with Crippen molar-refractivity contribution in [2.45, 2.75) is 32.6 Å². The molecule has 0 spiro atoms. The third-order valence-electron chi connectivity index (χ3n) is 4.00. The second-order valence-electron chi connectivity index (χ2n) is 5.54. The highest BCUT2D eigenvalue weighted by Crippen LogP contribution is 2.26. The quantitative estimate of drug-likeness (QED) is 0.914. The Bertz CT molecular complexity index is 626. The monoisotopic (exact) mass is 285 g/mol. The summed E-state index contributed by atoms with van der Waals surface area (Å²) >= 11 is 0. The van der Waals surface area contributed by atoms with Crippen LogP contribution in [0.5, 0.6) is 0 Å². The van der Waals surface area contributed by atoms with Crippen molar-refractivity contribution < 1.29 is 4.79 Å². The van der Waals surface area contributed by atoms with Crippen molar-refractivity contribution in [1.29, 1.82) is 0 Å². The Morgan fingerprint density at radius 3 is 2.52 bits per heavy atom. The molecule has 3 heterocycles. The Labute approximate surface area is 123 Å². The fourth-order valence-corrected chi connectivity index (χ4v) is 2.72. The summed E-state index contributed by atoms with van der Waals surface area (Å²) in [5.41, 5.74) is 3.61. The van der Waals surface area contributed by atoms with E-state index in [1.807, 2.05) is 24.1 Å². The fourth-order valence-electron chi connectivity index (χ4n) is 2.72. The molecule has 1 amide bonds. The van der Waals surface area contributed by atoms with Gasteiger partial charge in [-0.25, -0.2) is 0 Å². The number of carbonyl (C=O) groups excluding carboxylic acids is 1. The van der Waals surface area contributed by atoms with Gasteiger partial charge in [0.1, 0.15) is 11.4 Å². The van der Waals surface area contributed by atoms with Gasteiger partial charge in [0.25, 0.3) is 0 Å². The summed E-state index contributed by atoms with van der Waals surface area (Å²) in [6.07, 6.45) is 5.53. The highest BCUT2D eigenvalue weighted by molar-refractivity contribution is 5.73. The number of carbonyl (C=O) groups is 1. The first-order valence-corrected chi connectivity index (χ1v) is 7.23. The summed E-state index contributed by atoms with van der Waals surface area (Å²) in [4.78, 5) is 22.2. The second kappa shape index (κ2) is 5.63. The number of aryl methyl sites for hydroxylation is 1. The van der Waals surface area contributed by atoms with E-state index in [4.69, 9.17) is 0 Å². The lowest BCUT2D eigenvalue weighted by molar-refractivity contribution is -0.129. The van der Waals surface area contributed by atoms with Gasteiger partial charge in [0, 0.05) is 37.8 Å². The highest BCUT2D eigenvalue weighted by atomic mass is 16.2. The number of amides is 1. The predicted octanol–water partition coefficient (Wildman–Crippen LogP) is 1.90. The molecule has 0 saturated carbocycles. The molecule has 0 atom stereocenters. The maximum atomic E-state index is 11.3. The summed E-state index contributed by atoms with van der Waals surface area (Å²) in [6, 6.07) is 1.95. The summed E-state index contributed by atoms with van der Waals surface area (Å²) in [6.45, 7) is 5.20. The van der Waals surface area contributed by atoms with Crippen molar-refractivity contribution >= 4 is 5.91 Å². The van der Waals surface area contributed by atoms with Crippen LogP contribution in [-0.4, -0.2) is 44.1 Å². The number of H-pyrrole nitrogens is 1. The van der Waals surface area contributed by atoms with E-state index in [0.29, 0.717) is 5.92 Å². The number of likely N-dealkylation sites (tertiary alicyclic amines) is 1. The topological polar surface area (TPSA) is 74.8 Å². The van der Waals surface area contributed by atoms with E-state index in [1.54, 1.807) is 13.1 Å². The van der Waals surface area contributed by atoms with Crippen molar-refractivity contribution in [2.24, 2.45) is 0 Å². The van der Waals surface area contributed by atoms with Crippen LogP contribution < -0.4 is 0 Å². The van der Waals surface area contributed by atoms with Gasteiger partial charge in [-0.3, -0.25) is 19.9 Å². The SMILES string of the molecule is CC(=O)N1CCC(c2cnc(-c3cc(C)[nH]n3)cn2)CC1. The average Bonchev–Trinajstić information content (AvgIpc) is 2.94. The molecule has 1 saturated heterocycles. The molecule has 2 aromatic rings. The molecule has 6 nitrogen and oxygen atoms in total. The maximum absolute atomic E-state index is 11.3. The molecule has 2 aromatic heterocycles. The zero-order valence-corrected chi connectivity index (χ0v) is 12.3. The Morgan fingerprint density at radius 2 is 2.00 bits per heavy atom. The lowest BCUT2D eigenvalue weighted by Crippen LogP contribution is -2.36. The van der Waals surface area contributed by atoms with Crippen molar-refractivity contribution in [1.82, 2.24) is 25.1 Å². The Morgan fingerprint density at radius 1 is 1.24 bits per heavy atom. The van der Waals surface area contributed by atoms with Crippen LogP contribution in [0.3, 0.4) is 0 Å². The molecule has 6 heteroatoms. The maximum Gasteiger partial charge on any atom is 0.219 e. The molecule has 0 aliphatic carbocycles. The zero-order valence-electron chi connectivity index (χ0n) is 12.3. The zero-order chi connectivity index (χ0) is 14.8. The molecular formula is C15H19N5O. The van der Waals surface area contributed by atoms with Gasteiger partial charge in [0.05, 0.1) is 11.9 Å². The third-order valence-corrected chi connectivity index (χ3v) is 4.00. The van der Waals surface area contributed by atoms with E-state index in [0.717, 1.165) is 48.7 Å². The average molecular weight is 285 g/mol. The van der Waals surface area contributed by atoms with E-state index < -0.39 is 0 Å². The predicted molar refractivity (Wildman–Crippen MR) is 78.6 cm³/mol. The van der Waals surface area contributed by atoms with E-state index in [-0.39, 0.29) is 5.91 Å². The van der Waals surface area contributed by atoms with Crippen LogP contribution in [0.4, 0.5) is 0 Å². The highest BCUT2D eigenvalue weighted by Gasteiger charge is 2.23. The van der Waals surface area contributed by atoms with Gasteiger partial charge in [-0.1, -0.05) is 0 Å². The minimum atomic E-state index is 0.156. The lowest BCUT2D eigenvalue weighted by Gasteiger charge is -2.30. The van der Waals surface area contributed by atoms with Crippen LogP contribution in [0, 0.1) is 6.92 Å². The summed E-state index contributed by atoms with van der Waals surface area (Å²) < 4.78 is 0. The molecule has 110 valence electrons. The first-order valence-electron chi connectivity index (χ1n) is 7.23. The minimum Gasteiger partial charge on any atom is -0.343 e. The number of aromatic nitrogens is 4. The molecule has 1 fully saturated rings. The van der Waals surface area contributed by atoms with Crippen LogP contribution in [0.15, 0.2) is 18.5 Å². The normalized spacial score (nSPS) is 16.2. The molecule has 0 radical (unpaired) electrons. The summed E-state index contributed by atoms with van der Waals surface area (Å²) in [5, 5.41) is 7.09. The van der Waals surface area contributed by atoms with Crippen molar-refractivity contribution in [2.75, 3.05) is 13.1 Å². The standard InChI is InChI=1S/C15H19N5O/c1-10-7-13(19-18-10)15-9-16-14(8-17-15)12-3-5-20(6-4-12)11(2)21/h7-9,12H,3-6H2,1-2H3,(H,18,19). The number of hydrogen-bond acceptors (Lipinski definition) is 4. The van der Waals surface area contributed by atoms with Crippen molar-refractivity contribution in [3.8, 4) is 11.4 Å². The van der Waals surface area contributed by atoms with E-state index in [1.165, 1.54) is 0 Å². The largest absolute Gasteiger partial charge is 0.343 e. The van der Waals surface area contributed by atoms with Crippen molar-refractivity contribution in [3.05, 3.63) is 29.8 Å². The molecule has 0 aromatic carbocycles. The van der Waals surface area contributed by atoms with Gasteiger partial charge in [-0.2, -0.15) is 5.10 Å². The minimum absolute atomic E-state index is 0.156. The number of hydrogen-bond donors (Lipinski definition) is 1. The fraction of sp³-hybridized carbons (Fsp3) is 0.467. The first kappa shape index (κ1) is 13.7. The number of nitrogens with one attached hydrogen (secondary N) is 1. The molecule has 1 N–H and O–H groups in total. The number of nitrogens with zero attached hydrogens (tertiary/aromatic N) is 4. The van der Waals surface area contributed by atoms with E-state index in [2.05, 4.69) is 20.2 Å². The smallest absolute Gasteiger partial charge is 0.219 e. The van der Waals surface area contributed by atoms with Crippen molar-refractivity contribution in [3.63, 3.8) is 0 Å². The summed E-state index contributed by atoms with van der Waals surface area (Å²) in [5.74, 6) is 0.548. The molecule has 21 heavy (non-hydrogen) atoms. The lowest BCUT2D eigenvalue weighted by atomic mass is 9.94. The van der Waals surface area contributed by atoms with Crippen LogP contribution in [0.2, 0.25) is 0 Å². The van der Waals surface area contributed by atoms with E-state index in [9.17, 15) is 4.79 Å². The Balaban J connectivity index is 1.69. The first-order chi connectivity index (χ1) is 10.1. The van der Waals surface area contributed by atoms with Crippen LogP contribution >= 0.6 is 0 Å².